The number of carboxylic acids is 1. The van der Waals surface area contributed by atoms with Crippen LogP contribution in [0.15, 0.2) is 18.2 Å². The predicted molar refractivity (Wildman–Crippen MR) is 83.7 cm³/mol. The lowest BCUT2D eigenvalue weighted by atomic mass is 10.1. The zero-order valence-corrected chi connectivity index (χ0v) is 13.3. The summed E-state index contributed by atoms with van der Waals surface area (Å²) in [4.78, 5) is 28.3. The summed E-state index contributed by atoms with van der Waals surface area (Å²) in [6.45, 7) is 3.87. The fourth-order valence-electron chi connectivity index (χ4n) is 1.97. The summed E-state index contributed by atoms with van der Waals surface area (Å²) < 4.78 is 5.00. The van der Waals surface area contributed by atoms with E-state index in [-0.39, 0.29) is 17.2 Å². The molecule has 1 aromatic carbocycles. The number of nitrogens with zero attached hydrogens (tertiary/aromatic N) is 1. The van der Waals surface area contributed by atoms with Gasteiger partial charge in [-0.2, -0.15) is 0 Å². The van der Waals surface area contributed by atoms with Crippen molar-refractivity contribution >= 4 is 28.9 Å². The van der Waals surface area contributed by atoms with E-state index in [1.54, 1.807) is 33.1 Å². The van der Waals surface area contributed by atoms with Gasteiger partial charge in [-0.1, -0.05) is 11.6 Å². The molecule has 2 N–H and O–H groups in total. The third kappa shape index (κ3) is 3.49. The van der Waals surface area contributed by atoms with Crippen molar-refractivity contribution < 1.29 is 19.4 Å². The number of carbonyl (C=O) groups is 2. The highest BCUT2D eigenvalue weighted by molar-refractivity contribution is 7.13. The maximum Gasteiger partial charge on any atom is 0.337 e. The molecular weight excluding hydrogens is 304 g/mol. The standard InChI is InChI=1S/C15H16N2O4S/c1-8-4-5-11(10(6-8)15(19)20)17-14(18)13-9(2)16-12(22-13)7-21-3/h4-6H,7H2,1-3H3,(H,17,18)(H,19,20). The fourth-order valence-corrected chi connectivity index (χ4v) is 2.90. The first-order chi connectivity index (χ1) is 10.4. The third-order valence-electron chi connectivity index (χ3n) is 2.97. The highest BCUT2D eigenvalue weighted by Gasteiger charge is 2.18. The van der Waals surface area contributed by atoms with Gasteiger partial charge in [-0.3, -0.25) is 4.79 Å². The molecule has 1 amide bonds. The number of aromatic nitrogens is 1. The van der Waals surface area contributed by atoms with Crippen molar-refractivity contribution in [2.24, 2.45) is 0 Å². The molecule has 22 heavy (non-hydrogen) atoms. The Hall–Kier alpha value is -2.25. The van der Waals surface area contributed by atoms with Crippen molar-refractivity contribution in [3.63, 3.8) is 0 Å². The molecule has 0 unspecified atom stereocenters. The lowest BCUT2D eigenvalue weighted by Crippen LogP contribution is -2.14. The number of hydrogen-bond acceptors (Lipinski definition) is 5. The number of carbonyl (C=O) groups excluding carboxylic acids is 1. The Morgan fingerprint density at radius 3 is 2.73 bits per heavy atom. The second-order valence-electron chi connectivity index (χ2n) is 4.76. The Bertz CT molecular complexity index is 724. The van der Waals surface area contributed by atoms with Crippen LogP contribution < -0.4 is 5.32 Å². The molecule has 2 aromatic rings. The smallest absolute Gasteiger partial charge is 0.337 e. The molecule has 0 aliphatic carbocycles. The van der Waals surface area contributed by atoms with Gasteiger partial charge in [0.05, 0.1) is 23.6 Å². The van der Waals surface area contributed by atoms with E-state index in [4.69, 9.17) is 4.74 Å². The summed E-state index contributed by atoms with van der Waals surface area (Å²) in [7, 11) is 1.56. The van der Waals surface area contributed by atoms with Gasteiger partial charge in [-0.15, -0.1) is 11.3 Å². The second-order valence-corrected chi connectivity index (χ2v) is 5.85. The van der Waals surface area contributed by atoms with Gasteiger partial charge in [0.2, 0.25) is 0 Å². The summed E-state index contributed by atoms with van der Waals surface area (Å²) in [5.74, 6) is -1.45. The monoisotopic (exact) mass is 320 g/mol. The SMILES string of the molecule is COCc1nc(C)c(C(=O)Nc2ccc(C)cc2C(=O)O)s1. The number of aromatic carboxylic acids is 1. The molecule has 6 nitrogen and oxygen atoms in total. The summed E-state index contributed by atoms with van der Waals surface area (Å²) in [6.07, 6.45) is 0. The molecule has 0 saturated heterocycles. The summed E-state index contributed by atoms with van der Waals surface area (Å²) >= 11 is 1.23. The quantitative estimate of drug-likeness (QED) is 0.884. The maximum absolute atomic E-state index is 12.3. The van der Waals surface area contributed by atoms with E-state index in [0.29, 0.717) is 22.2 Å². The van der Waals surface area contributed by atoms with Crippen LogP contribution in [-0.4, -0.2) is 29.1 Å². The highest BCUT2D eigenvalue weighted by Crippen LogP contribution is 2.23. The first-order valence-corrected chi connectivity index (χ1v) is 7.34. The first-order valence-electron chi connectivity index (χ1n) is 6.53. The molecule has 7 heteroatoms. The number of amides is 1. The molecule has 0 radical (unpaired) electrons. The Labute approximate surface area is 131 Å². The topological polar surface area (TPSA) is 88.5 Å². The van der Waals surface area contributed by atoms with Gasteiger partial charge in [0.15, 0.2) is 0 Å². The lowest BCUT2D eigenvalue weighted by molar-refractivity contribution is 0.0698. The molecule has 0 aliphatic heterocycles. The normalized spacial score (nSPS) is 10.5. The number of carboxylic acid groups (broad SMARTS) is 1. The molecule has 0 atom stereocenters. The number of nitrogens with one attached hydrogen (secondary N) is 1. The number of anilines is 1. The number of ether oxygens (including phenoxy) is 1. The molecular formula is C15H16N2O4S. The maximum atomic E-state index is 12.3. The van der Waals surface area contributed by atoms with Gasteiger partial charge in [-0.05, 0) is 26.0 Å². The minimum atomic E-state index is -1.08. The highest BCUT2D eigenvalue weighted by atomic mass is 32.1. The second kappa shape index (κ2) is 6.67. The van der Waals surface area contributed by atoms with Crippen LogP contribution >= 0.6 is 11.3 Å². The molecule has 0 fully saturated rings. The Morgan fingerprint density at radius 2 is 2.09 bits per heavy atom. The van der Waals surface area contributed by atoms with Crippen LogP contribution in [0.4, 0.5) is 5.69 Å². The third-order valence-corrected chi connectivity index (χ3v) is 4.10. The average molecular weight is 320 g/mol. The molecule has 1 aromatic heterocycles. The Balaban J connectivity index is 2.27. The van der Waals surface area contributed by atoms with E-state index in [0.717, 1.165) is 5.56 Å². The number of benzene rings is 1. The van der Waals surface area contributed by atoms with E-state index in [1.165, 1.54) is 17.4 Å². The molecule has 0 spiro atoms. The molecule has 116 valence electrons. The average Bonchev–Trinajstić information content (AvgIpc) is 2.82. The van der Waals surface area contributed by atoms with Crippen LogP contribution in [0.5, 0.6) is 0 Å². The van der Waals surface area contributed by atoms with E-state index < -0.39 is 5.97 Å². The van der Waals surface area contributed by atoms with Gasteiger partial charge in [0, 0.05) is 7.11 Å². The van der Waals surface area contributed by atoms with E-state index in [2.05, 4.69) is 10.3 Å². The van der Waals surface area contributed by atoms with Crippen LogP contribution in [0.3, 0.4) is 0 Å². The van der Waals surface area contributed by atoms with Crippen molar-refractivity contribution in [2.45, 2.75) is 20.5 Å². The molecule has 0 bridgehead atoms. The Kier molecular flexibility index (Phi) is 4.89. The lowest BCUT2D eigenvalue weighted by Gasteiger charge is -2.08. The van der Waals surface area contributed by atoms with Crippen molar-refractivity contribution in [1.29, 1.82) is 0 Å². The molecule has 0 aliphatic rings. The molecule has 1 heterocycles. The zero-order valence-electron chi connectivity index (χ0n) is 12.5. The zero-order chi connectivity index (χ0) is 16.3. The van der Waals surface area contributed by atoms with Crippen molar-refractivity contribution in [2.75, 3.05) is 12.4 Å². The van der Waals surface area contributed by atoms with Crippen molar-refractivity contribution in [3.05, 3.63) is 44.9 Å². The molecule has 0 saturated carbocycles. The predicted octanol–water partition coefficient (Wildman–Crippen LogP) is 2.86. The van der Waals surface area contributed by atoms with E-state index in [9.17, 15) is 14.7 Å². The van der Waals surface area contributed by atoms with Crippen LogP contribution in [0.1, 0.15) is 36.3 Å². The van der Waals surface area contributed by atoms with E-state index >= 15 is 0 Å². The number of rotatable bonds is 5. The Morgan fingerprint density at radius 1 is 1.36 bits per heavy atom. The largest absolute Gasteiger partial charge is 0.478 e. The fraction of sp³-hybridized carbons (Fsp3) is 0.267. The summed E-state index contributed by atoms with van der Waals surface area (Å²) in [5.41, 5.74) is 1.74. The minimum absolute atomic E-state index is 0.0626. The van der Waals surface area contributed by atoms with Crippen LogP contribution in [0.25, 0.3) is 0 Å². The number of aryl methyl sites for hydroxylation is 2. The van der Waals surface area contributed by atoms with Crippen LogP contribution in [-0.2, 0) is 11.3 Å². The molecule has 2 rings (SSSR count). The minimum Gasteiger partial charge on any atom is -0.478 e. The number of thiazole rings is 1. The van der Waals surface area contributed by atoms with E-state index in [1.807, 2.05) is 0 Å². The van der Waals surface area contributed by atoms with Gasteiger partial charge in [0.25, 0.3) is 5.91 Å². The van der Waals surface area contributed by atoms with Gasteiger partial charge >= 0.3 is 5.97 Å². The van der Waals surface area contributed by atoms with Crippen molar-refractivity contribution in [3.8, 4) is 0 Å². The first kappa shape index (κ1) is 16.1. The summed E-state index contributed by atoms with van der Waals surface area (Å²) in [6, 6.07) is 4.86. The van der Waals surface area contributed by atoms with Crippen LogP contribution in [0, 0.1) is 13.8 Å². The number of methoxy groups -OCH3 is 1. The van der Waals surface area contributed by atoms with Crippen LogP contribution in [0.2, 0.25) is 0 Å². The van der Waals surface area contributed by atoms with Crippen molar-refractivity contribution in [1.82, 2.24) is 4.98 Å². The van der Waals surface area contributed by atoms with Gasteiger partial charge in [0.1, 0.15) is 9.88 Å². The van der Waals surface area contributed by atoms with Gasteiger partial charge < -0.3 is 15.2 Å². The number of hydrogen-bond donors (Lipinski definition) is 2. The van der Waals surface area contributed by atoms with Gasteiger partial charge in [-0.25, -0.2) is 9.78 Å². The summed E-state index contributed by atoms with van der Waals surface area (Å²) in [5, 5.41) is 12.6.